The molecule has 1 unspecified atom stereocenters. The van der Waals surface area contributed by atoms with Crippen molar-refractivity contribution < 1.29 is 0 Å². The number of alkyl halides is 1. The Morgan fingerprint density at radius 2 is 1.78 bits per heavy atom. The summed E-state index contributed by atoms with van der Waals surface area (Å²) in [5.41, 5.74) is 3.35. The molecule has 0 saturated carbocycles. The van der Waals surface area contributed by atoms with Crippen molar-refractivity contribution in [1.29, 1.82) is 0 Å². The van der Waals surface area contributed by atoms with Gasteiger partial charge in [0, 0.05) is 9.50 Å². The summed E-state index contributed by atoms with van der Waals surface area (Å²) in [6.45, 7) is 2.02. The molecule has 0 aliphatic rings. The van der Waals surface area contributed by atoms with Gasteiger partial charge in [0.1, 0.15) is 0 Å². The van der Waals surface area contributed by atoms with Crippen LogP contribution in [0.4, 0.5) is 0 Å². The molecule has 0 bridgehead atoms. The van der Waals surface area contributed by atoms with Gasteiger partial charge in [-0.1, -0.05) is 51.8 Å². The van der Waals surface area contributed by atoms with Gasteiger partial charge in [-0.2, -0.15) is 0 Å². The number of hydrogen-bond donors (Lipinski definition) is 0. The molecule has 0 nitrogen and oxygen atoms in total. The van der Waals surface area contributed by atoms with Crippen LogP contribution in [0.15, 0.2) is 46.9 Å². The molecule has 0 saturated heterocycles. The quantitative estimate of drug-likeness (QED) is 0.605. The molecule has 0 fully saturated rings. The summed E-state index contributed by atoms with van der Waals surface area (Å²) in [5, 5.41) is 0.645. The van der Waals surface area contributed by atoms with Crippen LogP contribution >= 0.6 is 39.1 Å². The molecular formula is C15H13BrCl2. The highest BCUT2D eigenvalue weighted by Crippen LogP contribution is 2.31. The van der Waals surface area contributed by atoms with E-state index in [0.29, 0.717) is 0 Å². The molecular weight excluding hydrogens is 331 g/mol. The molecule has 0 aliphatic carbocycles. The number of benzene rings is 2. The minimum absolute atomic E-state index is 0.0979. The number of rotatable bonds is 3. The molecule has 2 aromatic carbocycles. The summed E-state index contributed by atoms with van der Waals surface area (Å²) in [6.07, 6.45) is 0.775. The van der Waals surface area contributed by atoms with E-state index in [9.17, 15) is 0 Å². The van der Waals surface area contributed by atoms with Crippen LogP contribution in [0, 0.1) is 6.92 Å². The molecule has 0 aliphatic heterocycles. The van der Waals surface area contributed by atoms with E-state index in [1.165, 1.54) is 5.56 Å². The van der Waals surface area contributed by atoms with Gasteiger partial charge in [0.05, 0.1) is 5.38 Å². The Bertz CT molecular complexity index is 535. The summed E-state index contributed by atoms with van der Waals surface area (Å²) in [4.78, 5) is 0. The van der Waals surface area contributed by atoms with Crippen molar-refractivity contribution in [3.05, 3.63) is 68.7 Å². The van der Waals surface area contributed by atoms with Crippen molar-refractivity contribution in [3.8, 4) is 0 Å². The molecule has 2 aromatic rings. The first-order valence-corrected chi connectivity index (χ1v) is 7.31. The number of halogens is 3. The fourth-order valence-corrected chi connectivity index (χ4v) is 2.88. The lowest BCUT2D eigenvalue weighted by atomic mass is 10.0. The molecule has 0 spiro atoms. The second-order valence-electron chi connectivity index (χ2n) is 4.32. The van der Waals surface area contributed by atoms with E-state index in [2.05, 4.69) is 28.1 Å². The third kappa shape index (κ3) is 3.50. The Hall–Kier alpha value is -0.500. The Morgan fingerprint density at radius 1 is 1.11 bits per heavy atom. The lowest BCUT2D eigenvalue weighted by Gasteiger charge is -2.12. The van der Waals surface area contributed by atoms with Crippen LogP contribution in [0.5, 0.6) is 0 Å². The van der Waals surface area contributed by atoms with Crippen LogP contribution < -0.4 is 0 Å². The molecule has 1 atom stereocenters. The first-order chi connectivity index (χ1) is 8.56. The van der Waals surface area contributed by atoms with Crippen molar-refractivity contribution in [2.75, 3.05) is 0 Å². The molecule has 2 rings (SSSR count). The van der Waals surface area contributed by atoms with Crippen molar-refractivity contribution in [1.82, 2.24) is 0 Å². The van der Waals surface area contributed by atoms with Gasteiger partial charge in [0.15, 0.2) is 0 Å². The maximum Gasteiger partial charge on any atom is 0.0640 e. The second-order valence-corrected chi connectivity index (χ2v) is 6.17. The van der Waals surface area contributed by atoms with Crippen molar-refractivity contribution in [2.45, 2.75) is 18.7 Å². The first kappa shape index (κ1) is 13.9. The molecule has 18 heavy (non-hydrogen) atoms. The highest BCUT2D eigenvalue weighted by atomic mass is 79.9. The van der Waals surface area contributed by atoms with Crippen LogP contribution in [0.2, 0.25) is 5.02 Å². The van der Waals surface area contributed by atoms with E-state index in [0.717, 1.165) is 27.0 Å². The molecule has 0 amide bonds. The summed E-state index contributed by atoms with van der Waals surface area (Å²) < 4.78 is 1.07. The van der Waals surface area contributed by atoms with Gasteiger partial charge in [-0.25, -0.2) is 0 Å². The summed E-state index contributed by atoms with van der Waals surface area (Å²) in [6, 6.07) is 14.2. The van der Waals surface area contributed by atoms with E-state index < -0.39 is 0 Å². The molecule has 3 heteroatoms. The second kappa shape index (κ2) is 6.10. The maximum absolute atomic E-state index is 6.44. The SMILES string of the molecule is Cc1ccc(C(Cl)Cc2ccc(Br)cc2)c(Cl)c1. The highest BCUT2D eigenvalue weighted by molar-refractivity contribution is 9.10. The Labute approximate surface area is 126 Å². The molecule has 94 valence electrons. The predicted molar refractivity (Wildman–Crippen MR) is 82.6 cm³/mol. The third-order valence-corrected chi connectivity index (χ3v) is 4.07. The number of hydrogen-bond acceptors (Lipinski definition) is 0. The first-order valence-electron chi connectivity index (χ1n) is 5.71. The predicted octanol–water partition coefficient (Wildman–Crippen LogP) is 5.93. The van der Waals surface area contributed by atoms with Gasteiger partial charge < -0.3 is 0 Å². The van der Waals surface area contributed by atoms with Crippen LogP contribution in [0.25, 0.3) is 0 Å². The van der Waals surface area contributed by atoms with Gasteiger partial charge >= 0.3 is 0 Å². The standard InChI is InChI=1S/C15H13BrCl2/c1-10-2-7-13(14(17)8-10)15(18)9-11-3-5-12(16)6-4-11/h2-8,15H,9H2,1H3. The zero-order valence-electron chi connectivity index (χ0n) is 9.96. The number of aryl methyl sites for hydroxylation is 1. The van der Waals surface area contributed by atoms with Gasteiger partial charge in [0.25, 0.3) is 0 Å². The van der Waals surface area contributed by atoms with Gasteiger partial charge in [0.2, 0.25) is 0 Å². The van der Waals surface area contributed by atoms with E-state index >= 15 is 0 Å². The van der Waals surface area contributed by atoms with Gasteiger partial charge in [-0.05, 0) is 48.2 Å². The largest absolute Gasteiger partial charge is 0.117 e. The summed E-state index contributed by atoms with van der Waals surface area (Å²) in [5.74, 6) is 0. The molecule has 0 N–H and O–H groups in total. The smallest absolute Gasteiger partial charge is 0.0640 e. The highest BCUT2D eigenvalue weighted by Gasteiger charge is 2.12. The lowest BCUT2D eigenvalue weighted by molar-refractivity contribution is 0.919. The Balaban J connectivity index is 2.16. The normalized spacial score (nSPS) is 12.4. The Morgan fingerprint density at radius 3 is 2.39 bits per heavy atom. The van der Waals surface area contributed by atoms with Gasteiger partial charge in [-0.3, -0.25) is 0 Å². The van der Waals surface area contributed by atoms with E-state index in [1.54, 1.807) is 0 Å². The van der Waals surface area contributed by atoms with Crippen LogP contribution in [0.1, 0.15) is 22.1 Å². The average molecular weight is 344 g/mol. The zero-order valence-corrected chi connectivity index (χ0v) is 13.1. The fraction of sp³-hybridized carbons (Fsp3) is 0.200. The van der Waals surface area contributed by atoms with Crippen LogP contribution in [-0.2, 0) is 6.42 Å². The summed E-state index contributed by atoms with van der Waals surface area (Å²) >= 11 is 16.1. The van der Waals surface area contributed by atoms with E-state index in [4.69, 9.17) is 23.2 Å². The monoisotopic (exact) mass is 342 g/mol. The van der Waals surface area contributed by atoms with Crippen molar-refractivity contribution in [2.24, 2.45) is 0 Å². The molecule has 0 heterocycles. The molecule has 0 aromatic heterocycles. The van der Waals surface area contributed by atoms with Crippen LogP contribution in [0.3, 0.4) is 0 Å². The van der Waals surface area contributed by atoms with Crippen molar-refractivity contribution >= 4 is 39.1 Å². The lowest BCUT2D eigenvalue weighted by Crippen LogP contribution is -1.97. The van der Waals surface area contributed by atoms with E-state index in [1.807, 2.05) is 37.3 Å². The molecule has 0 radical (unpaired) electrons. The van der Waals surface area contributed by atoms with Crippen LogP contribution in [-0.4, -0.2) is 0 Å². The van der Waals surface area contributed by atoms with E-state index in [-0.39, 0.29) is 5.38 Å². The van der Waals surface area contributed by atoms with Crippen molar-refractivity contribution in [3.63, 3.8) is 0 Å². The topological polar surface area (TPSA) is 0 Å². The maximum atomic E-state index is 6.44. The third-order valence-electron chi connectivity index (χ3n) is 2.82. The minimum Gasteiger partial charge on any atom is -0.117 e. The Kier molecular flexibility index (Phi) is 4.71. The minimum atomic E-state index is -0.0979. The summed E-state index contributed by atoms with van der Waals surface area (Å²) in [7, 11) is 0. The fourth-order valence-electron chi connectivity index (χ4n) is 1.82. The zero-order chi connectivity index (χ0) is 13.1. The van der Waals surface area contributed by atoms with Gasteiger partial charge in [-0.15, -0.1) is 11.6 Å². The average Bonchev–Trinajstić information content (AvgIpc) is 2.32.